The van der Waals surface area contributed by atoms with Crippen LogP contribution in [0.15, 0.2) is 22.7 Å². The average Bonchev–Trinajstić information content (AvgIpc) is 2.29. The Morgan fingerprint density at radius 1 is 1.41 bits per heavy atom. The molecule has 1 aromatic rings. The molecule has 3 N–H and O–H groups in total. The van der Waals surface area contributed by atoms with Crippen LogP contribution in [-0.2, 0) is 4.79 Å². The minimum absolute atomic E-state index is 0.0347. The Bertz CT molecular complexity index is 446. The maximum absolute atomic E-state index is 11.8. The van der Waals surface area contributed by atoms with Crippen molar-refractivity contribution in [3.05, 3.63) is 28.2 Å². The number of carbonyl (C=O) groups excluding carboxylic acids is 2. The van der Waals surface area contributed by atoms with Crippen LogP contribution in [0, 0.1) is 0 Å². The largest absolute Gasteiger partial charge is 0.398 e. The molecule has 0 saturated heterocycles. The second kappa shape index (κ2) is 5.67. The molecule has 0 saturated carbocycles. The van der Waals surface area contributed by atoms with E-state index in [-0.39, 0.29) is 18.4 Å². The van der Waals surface area contributed by atoms with Gasteiger partial charge in [0.25, 0.3) is 5.91 Å². The van der Waals surface area contributed by atoms with Crippen molar-refractivity contribution in [1.82, 2.24) is 10.2 Å². The summed E-state index contributed by atoms with van der Waals surface area (Å²) in [6.07, 6.45) is 0. The van der Waals surface area contributed by atoms with Gasteiger partial charge in [-0.1, -0.05) is 6.07 Å². The van der Waals surface area contributed by atoms with Gasteiger partial charge in [0.2, 0.25) is 5.91 Å². The summed E-state index contributed by atoms with van der Waals surface area (Å²) in [5, 5.41) is 2.53. The molecule has 0 fully saturated rings. The molecule has 1 aromatic carbocycles. The molecule has 0 heterocycles. The van der Waals surface area contributed by atoms with Crippen molar-refractivity contribution in [3.8, 4) is 0 Å². The lowest BCUT2D eigenvalue weighted by Gasteiger charge is -2.11. The van der Waals surface area contributed by atoms with Crippen molar-refractivity contribution >= 4 is 33.4 Å². The van der Waals surface area contributed by atoms with Crippen molar-refractivity contribution < 1.29 is 9.59 Å². The first-order valence-electron chi connectivity index (χ1n) is 4.96. The van der Waals surface area contributed by atoms with E-state index < -0.39 is 0 Å². The molecule has 0 unspecified atom stereocenters. The van der Waals surface area contributed by atoms with Gasteiger partial charge in [0.1, 0.15) is 0 Å². The van der Waals surface area contributed by atoms with E-state index >= 15 is 0 Å². The van der Waals surface area contributed by atoms with Crippen molar-refractivity contribution in [2.24, 2.45) is 0 Å². The number of nitrogen functional groups attached to an aromatic ring is 1. The number of rotatable bonds is 3. The lowest BCUT2D eigenvalue weighted by atomic mass is 10.2. The summed E-state index contributed by atoms with van der Waals surface area (Å²) < 4.78 is 0.537. The summed E-state index contributed by atoms with van der Waals surface area (Å²) in [5.74, 6) is -0.502. The highest BCUT2D eigenvalue weighted by Gasteiger charge is 2.13. The Morgan fingerprint density at radius 2 is 2.06 bits per heavy atom. The third-order valence-electron chi connectivity index (χ3n) is 2.17. The molecule has 0 aliphatic rings. The predicted octanol–water partition coefficient (Wildman–Crippen LogP) is 0.849. The molecule has 2 amide bonds. The molecule has 5 nitrogen and oxygen atoms in total. The quantitative estimate of drug-likeness (QED) is 0.813. The zero-order valence-electron chi connectivity index (χ0n) is 9.66. The van der Waals surface area contributed by atoms with Crippen LogP contribution in [0.4, 0.5) is 5.69 Å². The number of nitrogens with one attached hydrogen (secondary N) is 1. The van der Waals surface area contributed by atoms with Gasteiger partial charge in [-0.15, -0.1) is 0 Å². The molecule has 6 heteroatoms. The topological polar surface area (TPSA) is 75.4 Å². The van der Waals surface area contributed by atoms with Crippen molar-refractivity contribution in [2.45, 2.75) is 0 Å². The van der Waals surface area contributed by atoms with Gasteiger partial charge in [0.05, 0.1) is 16.6 Å². The number of nitrogens with zero attached hydrogens (tertiary/aromatic N) is 1. The van der Waals surface area contributed by atoms with Crippen LogP contribution >= 0.6 is 15.9 Å². The third-order valence-corrected chi connectivity index (χ3v) is 3.06. The fourth-order valence-corrected chi connectivity index (χ4v) is 1.58. The number of hydrogen-bond donors (Lipinski definition) is 2. The Kier molecular flexibility index (Phi) is 4.51. The van der Waals surface area contributed by atoms with Gasteiger partial charge in [-0.3, -0.25) is 9.59 Å². The third kappa shape index (κ3) is 3.45. The van der Waals surface area contributed by atoms with Gasteiger partial charge in [0, 0.05) is 19.8 Å². The lowest BCUT2D eigenvalue weighted by molar-refractivity contribution is -0.127. The first kappa shape index (κ1) is 13.5. The first-order valence-corrected chi connectivity index (χ1v) is 5.75. The standard InChI is InChI=1S/C11H14BrN3O2/c1-15(2)9(16)6-14-11(17)7-4-3-5-8(13)10(7)12/h3-5H,6,13H2,1-2H3,(H,14,17). The molecule has 0 aliphatic heterocycles. The minimum atomic E-state index is -0.334. The number of benzene rings is 1. The Labute approximate surface area is 108 Å². The van der Waals surface area contributed by atoms with Crippen LogP contribution in [0.5, 0.6) is 0 Å². The van der Waals surface area contributed by atoms with E-state index in [1.54, 1.807) is 32.3 Å². The minimum Gasteiger partial charge on any atom is -0.398 e. The van der Waals surface area contributed by atoms with E-state index in [0.29, 0.717) is 15.7 Å². The molecular formula is C11H14BrN3O2. The second-order valence-corrected chi connectivity index (χ2v) is 4.47. The highest BCUT2D eigenvalue weighted by molar-refractivity contribution is 9.10. The van der Waals surface area contributed by atoms with E-state index in [1.807, 2.05) is 0 Å². The van der Waals surface area contributed by atoms with E-state index in [4.69, 9.17) is 5.73 Å². The van der Waals surface area contributed by atoms with Gasteiger partial charge in [0.15, 0.2) is 0 Å². The van der Waals surface area contributed by atoms with E-state index in [2.05, 4.69) is 21.2 Å². The smallest absolute Gasteiger partial charge is 0.252 e. The SMILES string of the molecule is CN(C)C(=O)CNC(=O)c1cccc(N)c1Br. The van der Waals surface area contributed by atoms with Crippen LogP contribution in [0.2, 0.25) is 0 Å². The number of hydrogen-bond acceptors (Lipinski definition) is 3. The molecule has 17 heavy (non-hydrogen) atoms. The van der Waals surface area contributed by atoms with Gasteiger partial charge >= 0.3 is 0 Å². The molecule has 0 bridgehead atoms. The molecule has 0 spiro atoms. The fraction of sp³-hybridized carbons (Fsp3) is 0.273. The van der Waals surface area contributed by atoms with Crippen molar-refractivity contribution in [3.63, 3.8) is 0 Å². The summed E-state index contributed by atoms with van der Waals surface area (Å²) in [7, 11) is 3.26. The van der Waals surface area contributed by atoms with Crippen LogP contribution in [0.25, 0.3) is 0 Å². The summed E-state index contributed by atoms with van der Waals surface area (Å²) in [6, 6.07) is 5.00. The number of amides is 2. The lowest BCUT2D eigenvalue weighted by Crippen LogP contribution is -2.36. The highest BCUT2D eigenvalue weighted by Crippen LogP contribution is 2.23. The van der Waals surface area contributed by atoms with E-state index in [0.717, 1.165) is 0 Å². The number of likely N-dealkylation sites (N-methyl/N-ethyl adjacent to an activating group) is 1. The van der Waals surface area contributed by atoms with Crippen LogP contribution in [0.1, 0.15) is 10.4 Å². The van der Waals surface area contributed by atoms with Crippen LogP contribution in [-0.4, -0.2) is 37.4 Å². The first-order chi connectivity index (χ1) is 7.93. The highest BCUT2D eigenvalue weighted by atomic mass is 79.9. The summed E-state index contributed by atoms with van der Waals surface area (Å²) in [4.78, 5) is 24.5. The molecule has 0 aromatic heterocycles. The number of halogens is 1. The van der Waals surface area contributed by atoms with Gasteiger partial charge in [-0.05, 0) is 28.1 Å². The molecule has 0 radical (unpaired) electrons. The molecule has 0 atom stereocenters. The monoisotopic (exact) mass is 299 g/mol. The predicted molar refractivity (Wildman–Crippen MR) is 69.6 cm³/mol. The van der Waals surface area contributed by atoms with Gasteiger partial charge in [-0.25, -0.2) is 0 Å². The van der Waals surface area contributed by atoms with Crippen molar-refractivity contribution in [1.29, 1.82) is 0 Å². The Morgan fingerprint density at radius 3 is 2.65 bits per heavy atom. The second-order valence-electron chi connectivity index (χ2n) is 3.68. The number of carbonyl (C=O) groups is 2. The maximum Gasteiger partial charge on any atom is 0.252 e. The van der Waals surface area contributed by atoms with Crippen molar-refractivity contribution in [2.75, 3.05) is 26.4 Å². The average molecular weight is 300 g/mol. The molecular weight excluding hydrogens is 286 g/mol. The van der Waals surface area contributed by atoms with Gasteiger partial charge < -0.3 is 16.0 Å². The molecule has 1 rings (SSSR count). The Balaban J connectivity index is 2.71. The number of nitrogens with two attached hydrogens (primary N) is 1. The van der Waals surface area contributed by atoms with Crippen LogP contribution < -0.4 is 11.1 Å². The zero-order valence-corrected chi connectivity index (χ0v) is 11.2. The fourth-order valence-electron chi connectivity index (χ4n) is 1.13. The van der Waals surface area contributed by atoms with Crippen LogP contribution in [0.3, 0.4) is 0 Å². The summed E-state index contributed by atoms with van der Waals surface area (Å²) >= 11 is 3.24. The zero-order chi connectivity index (χ0) is 13.0. The van der Waals surface area contributed by atoms with E-state index in [9.17, 15) is 9.59 Å². The Hall–Kier alpha value is -1.56. The summed E-state index contributed by atoms with van der Waals surface area (Å²) in [5.41, 5.74) is 6.56. The normalized spacial score (nSPS) is 9.82. The summed E-state index contributed by atoms with van der Waals surface area (Å²) in [6.45, 7) is -0.0347. The molecule has 0 aliphatic carbocycles. The number of anilines is 1. The molecule has 92 valence electrons. The van der Waals surface area contributed by atoms with E-state index in [1.165, 1.54) is 4.90 Å². The maximum atomic E-state index is 11.8. The van der Waals surface area contributed by atoms with Gasteiger partial charge in [-0.2, -0.15) is 0 Å².